The lowest BCUT2D eigenvalue weighted by Crippen LogP contribution is -2.00. The van der Waals surface area contributed by atoms with E-state index in [9.17, 15) is 9.59 Å². The lowest BCUT2D eigenvalue weighted by molar-refractivity contribution is 0.0679. The molecule has 0 bridgehead atoms. The molecule has 0 aliphatic heterocycles. The first-order valence-corrected chi connectivity index (χ1v) is 5.44. The normalized spacial score (nSPS) is 9.30. The molecule has 0 saturated heterocycles. The van der Waals surface area contributed by atoms with Gasteiger partial charge in [-0.05, 0) is 13.8 Å². The Morgan fingerprint density at radius 3 is 1.30 bits per heavy atom. The molecule has 0 unspecified atom stereocenters. The van der Waals surface area contributed by atoms with E-state index in [-0.39, 0.29) is 11.4 Å². The summed E-state index contributed by atoms with van der Waals surface area (Å²) in [4.78, 5) is 35.2. The van der Waals surface area contributed by atoms with Crippen LogP contribution in [0.25, 0.3) is 0 Å². The number of carbonyl (C=O) groups is 2. The third-order valence-corrected chi connectivity index (χ3v) is 2.00. The van der Waals surface area contributed by atoms with Crippen LogP contribution in [0.1, 0.15) is 32.4 Å². The van der Waals surface area contributed by atoms with Gasteiger partial charge in [-0.25, -0.2) is 19.6 Å². The van der Waals surface area contributed by atoms with E-state index in [1.165, 1.54) is 24.8 Å². The summed E-state index contributed by atoms with van der Waals surface area (Å²) in [6, 6.07) is 0. The largest absolute Gasteiger partial charge is 0.476 e. The first-order chi connectivity index (χ1) is 9.40. The predicted molar refractivity (Wildman–Crippen MR) is 67.5 cm³/mol. The minimum atomic E-state index is -1.05. The SMILES string of the molecule is Cc1cnc(C(=O)O)cn1.Cc1cnc(C(=O)O)cn1. The highest BCUT2D eigenvalue weighted by Gasteiger charge is 2.02. The maximum atomic E-state index is 10.2. The van der Waals surface area contributed by atoms with Crippen LogP contribution in [0.15, 0.2) is 24.8 Å². The van der Waals surface area contributed by atoms with Gasteiger partial charge in [0.15, 0.2) is 11.4 Å². The smallest absolute Gasteiger partial charge is 0.356 e. The van der Waals surface area contributed by atoms with Crippen molar-refractivity contribution in [2.75, 3.05) is 0 Å². The van der Waals surface area contributed by atoms with Crippen LogP contribution in [0.5, 0.6) is 0 Å². The van der Waals surface area contributed by atoms with E-state index in [4.69, 9.17) is 10.2 Å². The molecule has 2 aromatic heterocycles. The average molecular weight is 276 g/mol. The van der Waals surface area contributed by atoms with Crippen molar-refractivity contribution in [1.29, 1.82) is 0 Å². The summed E-state index contributed by atoms with van der Waals surface area (Å²) >= 11 is 0. The lowest BCUT2D eigenvalue weighted by Gasteiger charge is -1.91. The van der Waals surface area contributed by atoms with Crippen LogP contribution in [0.4, 0.5) is 0 Å². The monoisotopic (exact) mass is 276 g/mol. The standard InChI is InChI=1S/2C6H6N2O2/c2*1-4-2-8-5(3-7-4)6(9)10/h2*2-3H,1H3,(H,9,10). The molecule has 8 heteroatoms. The molecular weight excluding hydrogens is 264 g/mol. The Morgan fingerprint density at radius 1 is 0.750 bits per heavy atom. The van der Waals surface area contributed by atoms with Crippen molar-refractivity contribution in [2.24, 2.45) is 0 Å². The molecule has 0 radical (unpaired) electrons. The fourth-order valence-electron chi connectivity index (χ4n) is 1.01. The zero-order valence-electron chi connectivity index (χ0n) is 10.8. The van der Waals surface area contributed by atoms with Crippen molar-refractivity contribution in [2.45, 2.75) is 13.8 Å². The Hall–Kier alpha value is -2.90. The van der Waals surface area contributed by atoms with Crippen molar-refractivity contribution in [3.05, 3.63) is 47.6 Å². The van der Waals surface area contributed by atoms with Gasteiger partial charge in [-0.15, -0.1) is 0 Å². The van der Waals surface area contributed by atoms with Crippen LogP contribution in [-0.2, 0) is 0 Å². The molecule has 0 spiro atoms. The second-order valence-electron chi connectivity index (χ2n) is 3.70. The van der Waals surface area contributed by atoms with E-state index >= 15 is 0 Å². The molecule has 2 N–H and O–H groups in total. The summed E-state index contributed by atoms with van der Waals surface area (Å²) in [6.45, 7) is 3.50. The quantitative estimate of drug-likeness (QED) is 0.830. The van der Waals surface area contributed by atoms with E-state index in [0.717, 1.165) is 0 Å². The Kier molecular flexibility index (Phi) is 5.21. The molecule has 0 aliphatic carbocycles. The van der Waals surface area contributed by atoms with E-state index in [1.807, 2.05) is 0 Å². The summed E-state index contributed by atoms with van der Waals surface area (Å²) in [5.74, 6) is -2.10. The molecular formula is C12H12N4O4. The number of rotatable bonds is 2. The number of hydrogen-bond donors (Lipinski definition) is 2. The van der Waals surface area contributed by atoms with E-state index in [2.05, 4.69) is 19.9 Å². The number of hydrogen-bond acceptors (Lipinski definition) is 6. The van der Waals surface area contributed by atoms with Gasteiger partial charge in [0.25, 0.3) is 0 Å². The van der Waals surface area contributed by atoms with Gasteiger partial charge in [0.05, 0.1) is 23.8 Å². The van der Waals surface area contributed by atoms with Crippen molar-refractivity contribution in [1.82, 2.24) is 19.9 Å². The Morgan fingerprint density at radius 2 is 1.10 bits per heavy atom. The molecule has 2 heterocycles. The molecule has 0 fully saturated rings. The van der Waals surface area contributed by atoms with Gasteiger partial charge in [-0.3, -0.25) is 9.97 Å². The minimum Gasteiger partial charge on any atom is -0.476 e. The third kappa shape index (κ3) is 4.77. The van der Waals surface area contributed by atoms with Crippen LogP contribution < -0.4 is 0 Å². The molecule has 2 rings (SSSR count). The van der Waals surface area contributed by atoms with Crippen molar-refractivity contribution in [3.8, 4) is 0 Å². The van der Waals surface area contributed by atoms with Gasteiger partial charge in [0.2, 0.25) is 0 Å². The van der Waals surface area contributed by atoms with Crippen molar-refractivity contribution in [3.63, 3.8) is 0 Å². The predicted octanol–water partition coefficient (Wildman–Crippen LogP) is 0.966. The molecule has 0 saturated carbocycles. The molecule has 0 aliphatic rings. The first kappa shape index (κ1) is 15.2. The van der Waals surface area contributed by atoms with E-state index in [0.29, 0.717) is 11.4 Å². The zero-order chi connectivity index (χ0) is 15.1. The Labute approximate surface area is 114 Å². The summed E-state index contributed by atoms with van der Waals surface area (Å²) < 4.78 is 0. The number of nitrogens with zero attached hydrogens (tertiary/aromatic N) is 4. The van der Waals surface area contributed by atoms with Gasteiger partial charge < -0.3 is 10.2 Å². The number of aryl methyl sites for hydroxylation is 2. The number of aromatic carboxylic acids is 2. The first-order valence-electron chi connectivity index (χ1n) is 5.44. The molecule has 0 amide bonds. The highest BCUT2D eigenvalue weighted by molar-refractivity contribution is 5.85. The average Bonchev–Trinajstić information content (AvgIpc) is 2.40. The van der Waals surface area contributed by atoms with Gasteiger partial charge in [0, 0.05) is 12.4 Å². The Bertz CT molecular complexity index is 540. The number of carboxylic acid groups (broad SMARTS) is 2. The van der Waals surface area contributed by atoms with E-state index in [1.54, 1.807) is 13.8 Å². The van der Waals surface area contributed by atoms with Gasteiger partial charge in [-0.2, -0.15) is 0 Å². The summed E-state index contributed by atoms with van der Waals surface area (Å²) in [5.41, 5.74) is 1.38. The van der Waals surface area contributed by atoms with Crippen LogP contribution in [0.2, 0.25) is 0 Å². The number of aromatic nitrogens is 4. The second kappa shape index (κ2) is 6.88. The third-order valence-electron chi connectivity index (χ3n) is 2.00. The Balaban J connectivity index is 0.000000200. The topological polar surface area (TPSA) is 126 Å². The molecule has 2 aromatic rings. The van der Waals surface area contributed by atoms with Gasteiger partial charge in [0.1, 0.15) is 0 Å². The molecule has 0 aromatic carbocycles. The molecule has 0 atom stereocenters. The van der Waals surface area contributed by atoms with Crippen LogP contribution >= 0.6 is 0 Å². The molecule has 8 nitrogen and oxygen atoms in total. The summed E-state index contributed by atoms with van der Waals surface area (Å²) in [5, 5.41) is 16.7. The van der Waals surface area contributed by atoms with Crippen LogP contribution in [0, 0.1) is 13.8 Å². The zero-order valence-corrected chi connectivity index (χ0v) is 10.8. The van der Waals surface area contributed by atoms with Crippen molar-refractivity contribution < 1.29 is 19.8 Å². The van der Waals surface area contributed by atoms with E-state index < -0.39 is 11.9 Å². The van der Waals surface area contributed by atoms with Crippen LogP contribution in [-0.4, -0.2) is 42.1 Å². The fraction of sp³-hybridized carbons (Fsp3) is 0.167. The maximum absolute atomic E-state index is 10.2. The van der Waals surface area contributed by atoms with Crippen LogP contribution in [0.3, 0.4) is 0 Å². The highest BCUT2D eigenvalue weighted by Crippen LogP contribution is 1.93. The summed E-state index contributed by atoms with van der Waals surface area (Å²) in [6.07, 6.45) is 5.31. The fourth-order valence-corrected chi connectivity index (χ4v) is 1.01. The van der Waals surface area contributed by atoms with Gasteiger partial charge in [-0.1, -0.05) is 0 Å². The highest BCUT2D eigenvalue weighted by atomic mass is 16.4. The molecule has 20 heavy (non-hydrogen) atoms. The molecule has 104 valence electrons. The van der Waals surface area contributed by atoms with Crippen molar-refractivity contribution >= 4 is 11.9 Å². The second-order valence-corrected chi connectivity index (χ2v) is 3.70. The maximum Gasteiger partial charge on any atom is 0.356 e. The lowest BCUT2D eigenvalue weighted by atomic mass is 10.4. The number of carboxylic acids is 2. The summed E-state index contributed by atoms with van der Waals surface area (Å²) in [7, 11) is 0. The minimum absolute atomic E-state index is 0.0226. The van der Waals surface area contributed by atoms with Gasteiger partial charge >= 0.3 is 11.9 Å².